The van der Waals surface area contributed by atoms with Crippen molar-refractivity contribution in [3.8, 4) is 0 Å². The first-order chi connectivity index (χ1) is 9.68. The van der Waals surface area contributed by atoms with Crippen molar-refractivity contribution in [2.24, 2.45) is 23.5 Å². The van der Waals surface area contributed by atoms with Crippen LogP contribution in [0.2, 0.25) is 0 Å². The van der Waals surface area contributed by atoms with Gasteiger partial charge in [-0.25, -0.2) is 4.39 Å². The summed E-state index contributed by atoms with van der Waals surface area (Å²) in [5.41, 5.74) is 5.39. The maximum absolute atomic E-state index is 12.1. The first kappa shape index (κ1) is 19.5. The monoisotopic (exact) mass is 302 g/mol. The van der Waals surface area contributed by atoms with Gasteiger partial charge in [0.05, 0.1) is 0 Å². The first-order valence-corrected chi connectivity index (χ1v) is 7.33. The highest BCUT2D eigenvalue weighted by Crippen LogP contribution is 2.26. The third kappa shape index (κ3) is 7.78. The van der Waals surface area contributed by atoms with E-state index in [1.165, 1.54) is 6.92 Å². The van der Waals surface area contributed by atoms with Crippen molar-refractivity contribution in [3.05, 3.63) is 0 Å². The van der Waals surface area contributed by atoms with Crippen LogP contribution in [-0.2, 0) is 14.4 Å². The highest BCUT2D eigenvalue weighted by atomic mass is 19.1. The maximum Gasteiger partial charge on any atom is 0.240 e. The van der Waals surface area contributed by atoms with Crippen LogP contribution in [0, 0.1) is 17.8 Å². The molecule has 0 aromatic rings. The summed E-state index contributed by atoms with van der Waals surface area (Å²) in [5.74, 6) is -1.09. The lowest BCUT2D eigenvalue weighted by Gasteiger charge is -2.30. The van der Waals surface area contributed by atoms with Crippen molar-refractivity contribution < 1.29 is 18.8 Å². The van der Waals surface area contributed by atoms with Crippen molar-refractivity contribution >= 4 is 17.6 Å². The van der Waals surface area contributed by atoms with Gasteiger partial charge in [0.2, 0.25) is 11.8 Å². The summed E-state index contributed by atoms with van der Waals surface area (Å²) in [7, 11) is 0. The zero-order valence-electron chi connectivity index (χ0n) is 13.3. The number of rotatable bonds is 10. The predicted octanol–water partition coefficient (Wildman–Crippen LogP) is 1.59. The van der Waals surface area contributed by atoms with Gasteiger partial charge in [-0.1, -0.05) is 20.8 Å². The van der Waals surface area contributed by atoms with E-state index in [0.717, 1.165) is 0 Å². The topological polar surface area (TPSA) is 89.3 Å². The van der Waals surface area contributed by atoms with E-state index in [1.54, 1.807) is 0 Å². The number of Topliss-reactive ketones (excluding diaryl/α,β-unsaturated/α-hetero) is 1. The van der Waals surface area contributed by atoms with E-state index in [2.05, 4.69) is 5.32 Å². The molecule has 0 aromatic carbocycles. The molecule has 0 spiro atoms. The molecule has 0 fully saturated rings. The molecule has 21 heavy (non-hydrogen) atoms. The lowest BCUT2D eigenvalue weighted by atomic mass is 9.80. The number of halogens is 1. The molecule has 0 saturated carbocycles. The molecular formula is C15H27FN2O3. The van der Waals surface area contributed by atoms with Crippen molar-refractivity contribution in [1.82, 2.24) is 5.32 Å². The van der Waals surface area contributed by atoms with Gasteiger partial charge in [-0.3, -0.25) is 14.4 Å². The number of carbonyl (C=O) groups excluding carboxylic acids is 3. The van der Waals surface area contributed by atoms with E-state index in [1.807, 2.05) is 20.8 Å². The van der Waals surface area contributed by atoms with Crippen molar-refractivity contribution in [3.63, 3.8) is 0 Å². The molecule has 0 heterocycles. The second kappa shape index (κ2) is 9.47. The van der Waals surface area contributed by atoms with Gasteiger partial charge >= 0.3 is 0 Å². The van der Waals surface area contributed by atoms with E-state index in [4.69, 9.17) is 5.73 Å². The van der Waals surface area contributed by atoms with Crippen LogP contribution in [-0.4, -0.2) is 30.3 Å². The minimum absolute atomic E-state index is 0.109. The molecule has 0 aliphatic carbocycles. The molecule has 0 bridgehead atoms. The normalized spacial score (nSPS) is 15.3. The number of hydrogen-bond acceptors (Lipinski definition) is 3. The van der Waals surface area contributed by atoms with E-state index >= 15 is 0 Å². The number of carbonyl (C=O) groups is 3. The molecular weight excluding hydrogens is 275 g/mol. The van der Waals surface area contributed by atoms with Crippen LogP contribution in [0.4, 0.5) is 4.39 Å². The molecule has 6 heteroatoms. The largest absolute Gasteiger partial charge is 0.368 e. The highest BCUT2D eigenvalue weighted by molar-refractivity contribution is 5.85. The van der Waals surface area contributed by atoms with Crippen LogP contribution in [0.15, 0.2) is 0 Å². The van der Waals surface area contributed by atoms with Crippen LogP contribution in [0.3, 0.4) is 0 Å². The summed E-state index contributed by atoms with van der Waals surface area (Å²) >= 11 is 0. The lowest BCUT2D eigenvalue weighted by molar-refractivity contribution is -0.128. The van der Waals surface area contributed by atoms with Crippen LogP contribution in [0.5, 0.6) is 0 Å². The highest BCUT2D eigenvalue weighted by Gasteiger charge is 2.30. The molecule has 0 rings (SSSR count). The first-order valence-electron chi connectivity index (χ1n) is 7.33. The average Bonchev–Trinajstić information content (AvgIpc) is 2.38. The fourth-order valence-electron chi connectivity index (χ4n) is 2.46. The Labute approximate surface area is 125 Å². The summed E-state index contributed by atoms with van der Waals surface area (Å²) < 4.78 is 12.1. The Morgan fingerprint density at radius 3 is 2.14 bits per heavy atom. The molecule has 0 saturated heterocycles. The van der Waals surface area contributed by atoms with E-state index in [-0.39, 0.29) is 30.1 Å². The fraction of sp³-hybridized carbons (Fsp3) is 0.800. The third-order valence-electron chi connectivity index (χ3n) is 3.69. The zero-order valence-corrected chi connectivity index (χ0v) is 13.3. The van der Waals surface area contributed by atoms with Crippen molar-refractivity contribution in [1.29, 1.82) is 0 Å². The smallest absolute Gasteiger partial charge is 0.240 e. The Bertz CT molecular complexity index is 372. The zero-order chi connectivity index (χ0) is 16.6. The molecule has 0 aliphatic rings. The van der Waals surface area contributed by atoms with Gasteiger partial charge in [0.15, 0.2) is 5.78 Å². The number of nitrogens with two attached hydrogens (primary N) is 1. The Kier molecular flexibility index (Phi) is 8.81. The van der Waals surface area contributed by atoms with Gasteiger partial charge in [0.1, 0.15) is 12.7 Å². The standard InChI is InChI=1S/C15H27FN2O3/c1-9(2)13(14(15(17)21)18-11(4)19)7-10(3)5-6-12(20)8-16/h9-10,13-14H,5-8H2,1-4H3,(H2,17,21)(H,18,19)/t10?,13?,14-/m0/s1. The summed E-state index contributed by atoms with van der Waals surface area (Å²) in [6.07, 6.45) is 1.41. The van der Waals surface area contributed by atoms with Gasteiger partial charge < -0.3 is 11.1 Å². The number of amides is 2. The van der Waals surface area contributed by atoms with E-state index < -0.39 is 24.4 Å². The van der Waals surface area contributed by atoms with Gasteiger partial charge in [-0.05, 0) is 30.6 Å². The van der Waals surface area contributed by atoms with Gasteiger partial charge in [0, 0.05) is 13.3 Å². The number of hydrogen-bond donors (Lipinski definition) is 2. The molecule has 2 amide bonds. The Hall–Kier alpha value is -1.46. The molecule has 122 valence electrons. The van der Waals surface area contributed by atoms with Crippen LogP contribution < -0.4 is 11.1 Å². The minimum Gasteiger partial charge on any atom is -0.368 e. The van der Waals surface area contributed by atoms with E-state index in [0.29, 0.717) is 12.8 Å². The lowest BCUT2D eigenvalue weighted by Crippen LogP contribution is -2.50. The number of alkyl halides is 1. The summed E-state index contributed by atoms with van der Waals surface area (Å²) in [4.78, 5) is 33.8. The average molecular weight is 302 g/mol. The summed E-state index contributed by atoms with van der Waals surface area (Å²) in [5, 5.41) is 2.60. The van der Waals surface area contributed by atoms with E-state index in [9.17, 15) is 18.8 Å². The minimum atomic E-state index is -0.934. The molecule has 0 aromatic heterocycles. The predicted molar refractivity (Wildman–Crippen MR) is 79.1 cm³/mol. The molecule has 0 radical (unpaired) electrons. The van der Waals surface area contributed by atoms with Crippen LogP contribution >= 0.6 is 0 Å². The van der Waals surface area contributed by atoms with Gasteiger partial charge in [-0.2, -0.15) is 0 Å². The third-order valence-corrected chi connectivity index (χ3v) is 3.69. The molecule has 0 aliphatic heterocycles. The molecule has 3 N–H and O–H groups in total. The molecule has 3 atom stereocenters. The Morgan fingerprint density at radius 1 is 1.19 bits per heavy atom. The van der Waals surface area contributed by atoms with Crippen LogP contribution in [0.1, 0.15) is 47.0 Å². The van der Waals surface area contributed by atoms with Gasteiger partial charge in [-0.15, -0.1) is 0 Å². The maximum atomic E-state index is 12.1. The second-order valence-electron chi connectivity index (χ2n) is 6.04. The number of nitrogens with one attached hydrogen (secondary N) is 1. The summed E-state index contributed by atoms with van der Waals surface area (Å²) in [6, 6.07) is -0.721. The van der Waals surface area contributed by atoms with Gasteiger partial charge in [0.25, 0.3) is 0 Å². The Morgan fingerprint density at radius 2 is 1.76 bits per heavy atom. The van der Waals surface area contributed by atoms with Crippen molar-refractivity contribution in [2.75, 3.05) is 6.67 Å². The second-order valence-corrected chi connectivity index (χ2v) is 6.04. The quantitative estimate of drug-likeness (QED) is 0.642. The number of ketones is 1. The summed E-state index contributed by atoms with van der Waals surface area (Å²) in [6.45, 7) is 6.28. The van der Waals surface area contributed by atoms with Crippen molar-refractivity contribution in [2.45, 2.75) is 53.0 Å². The fourth-order valence-corrected chi connectivity index (χ4v) is 2.46. The van der Waals surface area contributed by atoms with Crippen LogP contribution in [0.25, 0.3) is 0 Å². The molecule has 2 unspecified atom stereocenters. The number of primary amides is 1. The molecule has 5 nitrogen and oxygen atoms in total. The Balaban J connectivity index is 4.75. The SMILES string of the molecule is CC(=O)N[C@H](C(N)=O)C(CC(C)CCC(=O)CF)C(C)C.